The molecule has 19 heteroatoms. The third-order valence-corrected chi connectivity index (χ3v) is 9.31. The molecule has 0 saturated heterocycles. The Balaban J connectivity index is 1.24. The number of hydrogen-bond acceptors (Lipinski definition) is 11. The molecule has 5 heterocycles. The summed E-state index contributed by atoms with van der Waals surface area (Å²) >= 11 is 0. The van der Waals surface area contributed by atoms with Crippen molar-refractivity contribution in [2.75, 3.05) is 23.9 Å². The lowest BCUT2D eigenvalue weighted by atomic mass is 10.1. The van der Waals surface area contributed by atoms with Crippen LogP contribution in [-0.4, -0.2) is 79.8 Å². The van der Waals surface area contributed by atoms with Crippen molar-refractivity contribution < 1.29 is 28.6 Å². The maximum atomic E-state index is 13.6. The van der Waals surface area contributed by atoms with Crippen LogP contribution in [0.15, 0.2) is 48.7 Å². The van der Waals surface area contributed by atoms with Gasteiger partial charge in [-0.25, -0.2) is 19.3 Å². The third-order valence-electron chi connectivity index (χ3n) is 9.31. The number of pyridine rings is 1. The van der Waals surface area contributed by atoms with Crippen molar-refractivity contribution in [1.82, 2.24) is 43.6 Å². The molecule has 3 amide bonds. The van der Waals surface area contributed by atoms with Crippen LogP contribution in [0.1, 0.15) is 74.3 Å². The predicted octanol–water partition coefficient (Wildman–Crippen LogP) is 3.38. The second-order valence-electron chi connectivity index (χ2n) is 13.6. The molecule has 1 saturated carbocycles. The standard InChI is InChI=1S/C37H42FN13O5/c1-4-50-27(13-20(2)46-50)34(54)45-37-43-26-16-24(32(40)53)18-41-33(26)49(37)11-6-5-10-48-30-25(15-23(31(39)52)17-29(30)56-19-22-7-8-22)42-36(48)44-35(55)28-14-21(3)47-51(28)12-9-38/h5-6,13-18,22,34,54H,4,7-12,19H2,1-3H3,(H2,39,52)(H2,40,53)(H,43,45)(H,42,44,55)/b6-5+. The number of anilines is 2. The van der Waals surface area contributed by atoms with E-state index < -0.39 is 30.6 Å². The Bertz CT molecular complexity index is 2490. The monoisotopic (exact) mass is 767 g/mol. The number of ether oxygens (including phenoxy) is 1. The fourth-order valence-electron chi connectivity index (χ4n) is 6.42. The zero-order valence-corrected chi connectivity index (χ0v) is 31.1. The number of rotatable bonds is 17. The van der Waals surface area contributed by atoms with E-state index in [-0.39, 0.29) is 48.4 Å². The number of primary amides is 2. The number of nitrogens with one attached hydrogen (secondary N) is 2. The number of allylic oxidation sites excluding steroid dienone is 2. The minimum Gasteiger partial charge on any atom is -0.491 e. The highest BCUT2D eigenvalue weighted by Gasteiger charge is 2.26. The zero-order chi connectivity index (χ0) is 39.7. The van der Waals surface area contributed by atoms with E-state index in [1.807, 2.05) is 26.0 Å². The topological polar surface area (TPSA) is 241 Å². The molecular weight excluding hydrogens is 725 g/mol. The minimum atomic E-state index is -1.18. The fraction of sp³-hybridized carbons (Fsp3) is 0.351. The number of aliphatic hydroxyl groups excluding tert-OH is 1. The first-order chi connectivity index (χ1) is 26.9. The first-order valence-corrected chi connectivity index (χ1v) is 18.1. The van der Waals surface area contributed by atoms with E-state index in [1.165, 1.54) is 23.0 Å². The summed E-state index contributed by atoms with van der Waals surface area (Å²) in [5.74, 6) is -0.713. The molecule has 6 aromatic rings. The van der Waals surface area contributed by atoms with Crippen LogP contribution in [0.4, 0.5) is 16.3 Å². The Hall–Kier alpha value is -6.63. The van der Waals surface area contributed by atoms with E-state index in [1.54, 1.807) is 38.9 Å². The van der Waals surface area contributed by atoms with Gasteiger partial charge in [0.25, 0.3) is 5.91 Å². The summed E-state index contributed by atoms with van der Waals surface area (Å²) in [5, 5.41) is 25.8. The number of halogens is 1. The van der Waals surface area contributed by atoms with Gasteiger partial charge in [-0.05, 0) is 69.9 Å². The molecule has 56 heavy (non-hydrogen) atoms. The molecule has 7 N–H and O–H groups in total. The summed E-state index contributed by atoms with van der Waals surface area (Å²) in [6.07, 6.45) is 5.91. The van der Waals surface area contributed by atoms with Crippen molar-refractivity contribution in [2.24, 2.45) is 17.4 Å². The number of aliphatic hydroxyl groups is 1. The number of aryl methyl sites for hydroxylation is 4. The number of benzene rings is 1. The molecule has 1 atom stereocenters. The van der Waals surface area contributed by atoms with Gasteiger partial charge in [-0.15, -0.1) is 0 Å². The molecule has 0 aliphatic heterocycles. The number of alkyl halides is 1. The highest BCUT2D eigenvalue weighted by molar-refractivity contribution is 6.04. The highest BCUT2D eigenvalue weighted by atomic mass is 19.1. The summed E-state index contributed by atoms with van der Waals surface area (Å²) in [7, 11) is 0. The summed E-state index contributed by atoms with van der Waals surface area (Å²) < 4.78 is 26.0. The fourth-order valence-corrected chi connectivity index (χ4v) is 6.42. The molecule has 7 rings (SSSR count). The maximum absolute atomic E-state index is 13.6. The van der Waals surface area contributed by atoms with Crippen molar-refractivity contribution in [2.45, 2.75) is 66.0 Å². The summed E-state index contributed by atoms with van der Waals surface area (Å²) in [5.41, 5.74) is 15.2. The number of fused-ring (bicyclic) bond motifs is 2. The SMILES string of the molecule is CCn1nc(C)cc1C(O)Nc1nc2cc(C(N)=O)cnc2n1C/C=C/Cn1c(NC(=O)c2cc(C)nn2CCF)nc2cc(C(N)=O)cc(OCC3CC3)c21. The van der Waals surface area contributed by atoms with Crippen molar-refractivity contribution >= 4 is 51.8 Å². The van der Waals surface area contributed by atoms with Crippen LogP contribution in [0.3, 0.4) is 0 Å². The minimum absolute atomic E-state index is 0.103. The normalized spacial score (nSPS) is 13.5. The van der Waals surface area contributed by atoms with Gasteiger partial charge in [-0.2, -0.15) is 10.2 Å². The molecule has 1 aliphatic carbocycles. The number of amides is 3. The molecule has 0 bridgehead atoms. The number of carbonyl (C=O) groups excluding carboxylic acids is 3. The third kappa shape index (κ3) is 7.79. The molecular formula is C37H42FN13O5. The second kappa shape index (κ2) is 15.6. The van der Waals surface area contributed by atoms with Gasteiger partial charge in [0.2, 0.25) is 23.7 Å². The van der Waals surface area contributed by atoms with E-state index in [2.05, 4.69) is 35.8 Å². The molecule has 1 unspecified atom stereocenters. The lowest BCUT2D eigenvalue weighted by Crippen LogP contribution is -2.20. The van der Waals surface area contributed by atoms with Gasteiger partial charge in [-0.3, -0.25) is 33.6 Å². The van der Waals surface area contributed by atoms with E-state index in [0.29, 0.717) is 58.4 Å². The van der Waals surface area contributed by atoms with Gasteiger partial charge in [0.1, 0.15) is 29.2 Å². The van der Waals surface area contributed by atoms with Crippen molar-refractivity contribution in [3.8, 4) is 5.75 Å². The lowest BCUT2D eigenvalue weighted by Gasteiger charge is -2.16. The number of hydrogen-bond donors (Lipinski definition) is 5. The zero-order valence-electron chi connectivity index (χ0n) is 31.1. The molecule has 18 nitrogen and oxygen atoms in total. The predicted molar refractivity (Wildman–Crippen MR) is 204 cm³/mol. The highest BCUT2D eigenvalue weighted by Crippen LogP contribution is 2.35. The van der Waals surface area contributed by atoms with Crippen LogP contribution in [0.5, 0.6) is 5.75 Å². The molecule has 292 valence electrons. The van der Waals surface area contributed by atoms with Gasteiger partial charge in [0.15, 0.2) is 11.9 Å². The number of carbonyl (C=O) groups is 3. The summed E-state index contributed by atoms with van der Waals surface area (Å²) in [4.78, 5) is 51.7. The van der Waals surface area contributed by atoms with E-state index in [4.69, 9.17) is 16.2 Å². The van der Waals surface area contributed by atoms with Crippen LogP contribution in [0, 0.1) is 19.8 Å². The summed E-state index contributed by atoms with van der Waals surface area (Å²) in [6.45, 7) is 5.97. The van der Waals surface area contributed by atoms with Crippen LogP contribution >= 0.6 is 0 Å². The average molecular weight is 768 g/mol. The van der Waals surface area contributed by atoms with Crippen LogP contribution in [0.25, 0.3) is 22.2 Å². The molecule has 1 aliphatic rings. The number of aromatic nitrogens is 9. The van der Waals surface area contributed by atoms with Crippen LogP contribution in [-0.2, 0) is 26.2 Å². The van der Waals surface area contributed by atoms with Crippen molar-refractivity contribution in [3.63, 3.8) is 0 Å². The Kier molecular flexibility index (Phi) is 10.5. The summed E-state index contributed by atoms with van der Waals surface area (Å²) in [6, 6.07) is 7.96. The molecule has 1 fully saturated rings. The number of nitrogens with zero attached hydrogens (tertiary/aromatic N) is 9. The number of nitrogens with two attached hydrogens (primary N) is 2. The van der Waals surface area contributed by atoms with Crippen molar-refractivity contribution in [3.05, 3.63) is 82.6 Å². The quantitative estimate of drug-likeness (QED) is 0.0666. The molecule has 5 aromatic heterocycles. The van der Waals surface area contributed by atoms with Gasteiger partial charge in [0.05, 0.1) is 41.3 Å². The van der Waals surface area contributed by atoms with Gasteiger partial charge in [-0.1, -0.05) is 12.2 Å². The van der Waals surface area contributed by atoms with Gasteiger partial charge < -0.3 is 31.2 Å². The van der Waals surface area contributed by atoms with Crippen LogP contribution < -0.4 is 26.8 Å². The smallest absolute Gasteiger partial charge is 0.276 e. The average Bonchev–Trinajstić information content (AvgIpc) is 3.46. The van der Waals surface area contributed by atoms with E-state index >= 15 is 0 Å². The van der Waals surface area contributed by atoms with Gasteiger partial charge in [0, 0.05) is 31.4 Å². The first-order valence-electron chi connectivity index (χ1n) is 18.1. The second-order valence-corrected chi connectivity index (χ2v) is 13.6. The molecule has 1 aromatic carbocycles. The maximum Gasteiger partial charge on any atom is 0.276 e. The number of imidazole rings is 2. The Morgan fingerprint density at radius 2 is 1.62 bits per heavy atom. The molecule has 0 spiro atoms. The van der Waals surface area contributed by atoms with Crippen molar-refractivity contribution in [1.29, 1.82) is 0 Å². The van der Waals surface area contributed by atoms with E-state index in [0.717, 1.165) is 18.5 Å². The first kappa shape index (κ1) is 37.7. The molecule has 0 radical (unpaired) electrons. The van der Waals surface area contributed by atoms with E-state index in [9.17, 15) is 23.9 Å². The van der Waals surface area contributed by atoms with Gasteiger partial charge >= 0.3 is 0 Å². The Morgan fingerprint density at radius 1 is 0.946 bits per heavy atom. The lowest BCUT2D eigenvalue weighted by molar-refractivity contribution is 0.0991. The Morgan fingerprint density at radius 3 is 2.32 bits per heavy atom. The van der Waals surface area contributed by atoms with Crippen LogP contribution in [0.2, 0.25) is 0 Å². The Labute approximate surface area is 319 Å². The largest absolute Gasteiger partial charge is 0.491 e.